The summed E-state index contributed by atoms with van der Waals surface area (Å²) in [6, 6.07) is 0. The summed E-state index contributed by atoms with van der Waals surface area (Å²) in [5.74, 6) is 0.692. The number of likely N-dealkylation sites (tertiary alicyclic amines) is 1. The van der Waals surface area contributed by atoms with Crippen molar-refractivity contribution in [2.75, 3.05) is 19.7 Å². The van der Waals surface area contributed by atoms with Gasteiger partial charge in [-0.3, -0.25) is 4.79 Å². The number of aliphatic hydroxyl groups is 1. The lowest BCUT2D eigenvalue weighted by Crippen LogP contribution is -2.47. The van der Waals surface area contributed by atoms with E-state index in [2.05, 4.69) is 6.92 Å². The topological polar surface area (TPSA) is 40.5 Å². The summed E-state index contributed by atoms with van der Waals surface area (Å²) in [5, 5.41) is 9.43. The first-order valence-corrected chi connectivity index (χ1v) is 6.60. The Morgan fingerprint density at radius 3 is 2.38 bits per heavy atom. The van der Waals surface area contributed by atoms with Crippen molar-refractivity contribution >= 4 is 5.91 Å². The smallest absolute Gasteiger partial charge is 0.225 e. The Morgan fingerprint density at radius 1 is 1.38 bits per heavy atom. The highest BCUT2D eigenvalue weighted by Crippen LogP contribution is 2.36. The van der Waals surface area contributed by atoms with Gasteiger partial charge >= 0.3 is 0 Å². The molecule has 1 aliphatic heterocycles. The van der Waals surface area contributed by atoms with Gasteiger partial charge in [-0.25, -0.2) is 0 Å². The van der Waals surface area contributed by atoms with Crippen molar-refractivity contribution < 1.29 is 9.90 Å². The van der Waals surface area contributed by atoms with E-state index >= 15 is 0 Å². The molecule has 0 bridgehead atoms. The number of rotatable bonds is 3. The first kappa shape index (κ1) is 11.9. The molecule has 0 aromatic heterocycles. The molecule has 2 fully saturated rings. The summed E-state index contributed by atoms with van der Waals surface area (Å²) in [5.41, 5.74) is 0.0936. The van der Waals surface area contributed by atoms with Crippen molar-refractivity contribution in [3.8, 4) is 0 Å². The van der Waals surface area contributed by atoms with Crippen LogP contribution >= 0.6 is 0 Å². The second-order valence-corrected chi connectivity index (χ2v) is 5.46. The summed E-state index contributed by atoms with van der Waals surface area (Å²) in [4.78, 5) is 14.1. The van der Waals surface area contributed by atoms with Gasteiger partial charge in [0.1, 0.15) is 0 Å². The van der Waals surface area contributed by atoms with Crippen LogP contribution in [0.5, 0.6) is 0 Å². The fourth-order valence-electron chi connectivity index (χ4n) is 2.74. The van der Waals surface area contributed by atoms with Crippen molar-refractivity contribution in [3.05, 3.63) is 0 Å². The Kier molecular flexibility index (Phi) is 3.53. The predicted molar refractivity (Wildman–Crippen MR) is 63.0 cm³/mol. The van der Waals surface area contributed by atoms with Crippen LogP contribution in [0, 0.1) is 11.3 Å². The molecule has 1 aliphatic carbocycles. The first-order valence-electron chi connectivity index (χ1n) is 6.60. The molecule has 3 nitrogen and oxygen atoms in total. The van der Waals surface area contributed by atoms with Gasteiger partial charge in [-0.2, -0.15) is 0 Å². The quantitative estimate of drug-likeness (QED) is 0.795. The maximum atomic E-state index is 12.0. The average Bonchev–Trinajstić information content (AvgIpc) is 2.27. The number of hydrogen-bond donors (Lipinski definition) is 1. The molecule has 1 N–H and O–H groups in total. The lowest BCUT2D eigenvalue weighted by molar-refractivity contribution is -0.141. The van der Waals surface area contributed by atoms with Crippen LogP contribution in [-0.4, -0.2) is 35.6 Å². The molecule has 0 radical (unpaired) electrons. The number of piperidine rings is 1. The molecule has 2 rings (SSSR count). The second-order valence-electron chi connectivity index (χ2n) is 5.46. The third-order valence-corrected chi connectivity index (χ3v) is 4.68. The Hall–Kier alpha value is -0.570. The molecule has 0 spiro atoms. The van der Waals surface area contributed by atoms with Gasteiger partial charge in [-0.1, -0.05) is 13.3 Å². The van der Waals surface area contributed by atoms with E-state index in [9.17, 15) is 9.90 Å². The minimum absolute atomic E-state index is 0.0936. The van der Waals surface area contributed by atoms with Crippen molar-refractivity contribution in [1.29, 1.82) is 0 Å². The molecule has 16 heavy (non-hydrogen) atoms. The molecule has 0 atom stereocenters. The summed E-state index contributed by atoms with van der Waals surface area (Å²) in [7, 11) is 0. The van der Waals surface area contributed by atoms with Gasteiger partial charge in [0, 0.05) is 25.6 Å². The fourth-order valence-corrected chi connectivity index (χ4v) is 2.74. The number of nitrogens with zero attached hydrogens (tertiary/aromatic N) is 1. The standard InChI is InChI=1S/C13H23NO2/c1-2-13(10-15)6-8-14(9-7-13)12(16)11-4-3-5-11/h11,15H,2-10H2,1H3. The van der Waals surface area contributed by atoms with Crippen molar-refractivity contribution in [2.45, 2.75) is 45.4 Å². The Morgan fingerprint density at radius 2 is 2.00 bits per heavy atom. The molecule has 0 aromatic rings. The molecule has 1 heterocycles. The zero-order chi connectivity index (χ0) is 11.6. The summed E-state index contributed by atoms with van der Waals surface area (Å²) in [6.07, 6.45) is 6.37. The zero-order valence-corrected chi connectivity index (χ0v) is 10.2. The lowest BCUT2D eigenvalue weighted by Gasteiger charge is -2.42. The minimum atomic E-state index is 0.0936. The molecule has 0 aromatic carbocycles. The first-order chi connectivity index (χ1) is 7.71. The molecular formula is C13H23NO2. The molecule has 2 aliphatic rings. The molecule has 1 amide bonds. The highest BCUT2D eigenvalue weighted by molar-refractivity contribution is 5.79. The van der Waals surface area contributed by atoms with E-state index in [1.54, 1.807) is 0 Å². The van der Waals surface area contributed by atoms with Crippen LogP contribution in [0.25, 0.3) is 0 Å². The third kappa shape index (κ3) is 2.10. The van der Waals surface area contributed by atoms with Crippen LogP contribution in [0.4, 0.5) is 0 Å². The van der Waals surface area contributed by atoms with E-state index in [0.29, 0.717) is 11.8 Å². The fraction of sp³-hybridized carbons (Fsp3) is 0.923. The zero-order valence-electron chi connectivity index (χ0n) is 10.2. The van der Waals surface area contributed by atoms with E-state index in [0.717, 1.165) is 45.2 Å². The van der Waals surface area contributed by atoms with Crippen LogP contribution in [0.2, 0.25) is 0 Å². The largest absolute Gasteiger partial charge is 0.396 e. The van der Waals surface area contributed by atoms with Gasteiger partial charge < -0.3 is 10.0 Å². The van der Waals surface area contributed by atoms with Gasteiger partial charge in [0.25, 0.3) is 0 Å². The van der Waals surface area contributed by atoms with Crippen LogP contribution < -0.4 is 0 Å². The van der Waals surface area contributed by atoms with Gasteiger partial charge in [-0.15, -0.1) is 0 Å². The van der Waals surface area contributed by atoms with Crippen molar-refractivity contribution in [2.24, 2.45) is 11.3 Å². The molecule has 1 saturated heterocycles. The Labute approximate surface area is 97.8 Å². The molecular weight excluding hydrogens is 202 g/mol. The number of carbonyl (C=O) groups excluding carboxylic acids is 1. The summed E-state index contributed by atoms with van der Waals surface area (Å²) < 4.78 is 0. The maximum absolute atomic E-state index is 12.0. The second kappa shape index (κ2) is 4.74. The molecule has 92 valence electrons. The highest BCUT2D eigenvalue weighted by atomic mass is 16.3. The summed E-state index contributed by atoms with van der Waals surface area (Å²) in [6.45, 7) is 4.11. The van der Waals surface area contributed by atoms with Gasteiger partial charge in [0.05, 0.1) is 0 Å². The molecule has 1 saturated carbocycles. The van der Waals surface area contributed by atoms with E-state index in [1.807, 2.05) is 4.90 Å². The van der Waals surface area contributed by atoms with Crippen molar-refractivity contribution in [3.63, 3.8) is 0 Å². The van der Waals surface area contributed by atoms with E-state index in [4.69, 9.17) is 0 Å². The Balaban J connectivity index is 1.86. The van der Waals surface area contributed by atoms with Crippen LogP contribution in [0.1, 0.15) is 45.4 Å². The maximum Gasteiger partial charge on any atom is 0.225 e. The van der Waals surface area contributed by atoms with Crippen LogP contribution in [0.3, 0.4) is 0 Å². The Bertz CT molecular complexity index is 247. The molecule has 3 heteroatoms. The predicted octanol–water partition coefficient (Wildman–Crippen LogP) is 1.80. The minimum Gasteiger partial charge on any atom is -0.396 e. The number of aliphatic hydroxyl groups excluding tert-OH is 1. The van der Waals surface area contributed by atoms with Gasteiger partial charge in [-0.05, 0) is 37.5 Å². The SMILES string of the molecule is CCC1(CO)CCN(C(=O)C2CCC2)CC1. The lowest BCUT2D eigenvalue weighted by atomic mass is 9.76. The van der Waals surface area contributed by atoms with Gasteiger partial charge in [0.2, 0.25) is 5.91 Å². The highest BCUT2D eigenvalue weighted by Gasteiger charge is 2.36. The third-order valence-electron chi connectivity index (χ3n) is 4.68. The van der Waals surface area contributed by atoms with Crippen LogP contribution in [0.15, 0.2) is 0 Å². The number of carbonyl (C=O) groups is 1. The summed E-state index contributed by atoms with van der Waals surface area (Å²) >= 11 is 0. The van der Waals surface area contributed by atoms with Gasteiger partial charge in [0.15, 0.2) is 0 Å². The number of amides is 1. The average molecular weight is 225 g/mol. The number of hydrogen-bond acceptors (Lipinski definition) is 2. The van der Waals surface area contributed by atoms with Crippen molar-refractivity contribution in [1.82, 2.24) is 4.90 Å². The van der Waals surface area contributed by atoms with E-state index in [1.165, 1.54) is 6.42 Å². The van der Waals surface area contributed by atoms with E-state index < -0.39 is 0 Å². The van der Waals surface area contributed by atoms with Crippen LogP contribution in [-0.2, 0) is 4.79 Å². The monoisotopic (exact) mass is 225 g/mol. The molecule has 0 unspecified atom stereocenters. The normalized spacial score (nSPS) is 25.2. The van der Waals surface area contributed by atoms with E-state index in [-0.39, 0.29) is 12.0 Å².